The van der Waals surface area contributed by atoms with Gasteiger partial charge in [0, 0.05) is 99.7 Å². The van der Waals surface area contributed by atoms with Crippen molar-refractivity contribution >= 4 is 121 Å². The highest BCUT2D eigenvalue weighted by Crippen LogP contribution is 2.46. The highest BCUT2D eigenvalue weighted by atomic mass is 19.1. The highest BCUT2D eigenvalue weighted by Gasteiger charge is 2.24. The number of nitrogens with zero attached hydrogens (tertiary/aromatic N) is 8. The zero-order valence-corrected chi connectivity index (χ0v) is 69.0. The number of hydrogen-bond acceptors (Lipinski definition) is 4. The standard InChI is InChI=1S/C59H38F2N4.C59H39FN4/c60-44-21-25-48(26-22-44)63(49-27-23-45(61)24-28-49)50-29-30-55(62-38-50)43-34-41(39-19-31-58-53(36-39)51-15-7-9-17-56(51)64(58)46-11-3-1-4-12-46)33-42(35-43)40-20-32-59-54(37-40)52-16-8-10-18-57(52)65(59)47-13-5-2-6-14-47;60-45-26-28-49(29-27-45)62(46-14-4-1-5-15-46)50-30-31-55(61-39-50)44-35-42(40-24-32-58-53(37-40)51-20-10-12-22-56(51)63(58)47-16-6-2-7-17-47)34-43(36-44)41-25-33-59-54(38-41)52-21-11-13-23-57(52)64(59)48-18-8-3-9-19-48/h1-38H;1-39H/i;1D,4D,5D,14D,15D,26D,27D,28D,29D. The van der Waals surface area contributed by atoms with Crippen molar-refractivity contribution in [2.75, 3.05) is 9.80 Å². The summed E-state index contributed by atoms with van der Waals surface area (Å²) in [6.45, 7) is 0. The number of rotatable bonds is 16. The zero-order chi connectivity index (χ0) is 93.8. The highest BCUT2D eigenvalue weighted by molar-refractivity contribution is 6.15. The molecule has 0 saturated heterocycles. The summed E-state index contributed by atoms with van der Waals surface area (Å²) < 4.78 is 130. The first-order valence-electron chi connectivity index (χ1n) is 47.0. The summed E-state index contributed by atoms with van der Waals surface area (Å²) in [6.07, 6.45) is 3.20. The van der Waals surface area contributed by atoms with Gasteiger partial charge in [0.05, 0.1) is 91.6 Å². The van der Waals surface area contributed by atoms with Gasteiger partial charge in [-0.25, -0.2) is 13.2 Å². The Morgan fingerprint density at radius 3 is 0.760 bits per heavy atom. The summed E-state index contributed by atoms with van der Waals surface area (Å²) in [6, 6.07) is 128. The summed E-state index contributed by atoms with van der Waals surface area (Å²) >= 11 is 0. The molecule has 6 heterocycles. The van der Waals surface area contributed by atoms with Gasteiger partial charge in [0.1, 0.15) is 17.5 Å². The predicted octanol–water partition coefficient (Wildman–Crippen LogP) is 31.9. The molecule has 24 rings (SSSR count). The predicted molar refractivity (Wildman–Crippen MR) is 528 cm³/mol. The third-order valence-corrected chi connectivity index (χ3v) is 24.2. The zero-order valence-electron chi connectivity index (χ0n) is 78.0. The molecule has 18 aromatic carbocycles. The van der Waals surface area contributed by atoms with Gasteiger partial charge in [0.2, 0.25) is 0 Å². The fraction of sp³-hybridized carbons (Fsp3) is 0. The van der Waals surface area contributed by atoms with Crippen molar-refractivity contribution in [2.45, 2.75) is 0 Å². The molecule has 129 heavy (non-hydrogen) atoms. The van der Waals surface area contributed by atoms with E-state index < -0.39 is 71.6 Å². The molecule has 0 aliphatic rings. The lowest BCUT2D eigenvalue weighted by atomic mass is 9.93. The van der Waals surface area contributed by atoms with Crippen LogP contribution in [0.4, 0.5) is 47.3 Å². The maximum absolute atomic E-state index is 15.0. The number of pyridine rings is 2. The lowest BCUT2D eigenvalue weighted by Crippen LogP contribution is -2.10. The van der Waals surface area contributed by atoms with Crippen molar-refractivity contribution in [3.05, 3.63) is 485 Å². The Morgan fingerprint density at radius 2 is 0.457 bits per heavy atom. The minimum Gasteiger partial charge on any atom is -0.309 e. The normalized spacial score (nSPS) is 12.5. The van der Waals surface area contributed by atoms with Crippen molar-refractivity contribution in [3.8, 4) is 89.8 Å². The van der Waals surface area contributed by atoms with Crippen LogP contribution in [0, 0.1) is 17.5 Å². The van der Waals surface area contributed by atoms with E-state index in [0.29, 0.717) is 5.69 Å². The molecule has 0 amide bonds. The Hall–Kier alpha value is -17.2. The van der Waals surface area contributed by atoms with Crippen LogP contribution in [-0.2, 0) is 0 Å². The van der Waals surface area contributed by atoms with Gasteiger partial charge in [-0.3, -0.25) is 9.97 Å². The van der Waals surface area contributed by atoms with Gasteiger partial charge < -0.3 is 28.1 Å². The average Bonchev–Trinajstić information content (AvgIpc) is 1.61. The molecule has 0 spiro atoms. The van der Waals surface area contributed by atoms with Crippen LogP contribution < -0.4 is 9.80 Å². The molecule has 0 radical (unpaired) electrons. The molecule has 610 valence electrons. The van der Waals surface area contributed by atoms with Gasteiger partial charge in [-0.2, -0.15) is 0 Å². The van der Waals surface area contributed by atoms with Gasteiger partial charge in [-0.1, -0.05) is 188 Å². The van der Waals surface area contributed by atoms with Crippen LogP contribution in [0.15, 0.2) is 467 Å². The number of aromatic nitrogens is 6. The molecule has 0 fully saturated rings. The molecular formula is C118H77F3N8. The number of fused-ring (bicyclic) bond motifs is 12. The molecule has 0 N–H and O–H groups in total. The molecule has 11 heteroatoms. The van der Waals surface area contributed by atoms with Crippen LogP contribution in [-0.4, -0.2) is 28.2 Å². The monoisotopic (exact) mass is 1670 g/mol. The second-order valence-corrected chi connectivity index (χ2v) is 31.8. The Kier molecular flexibility index (Phi) is 17.0. The van der Waals surface area contributed by atoms with Crippen LogP contribution >= 0.6 is 0 Å². The van der Waals surface area contributed by atoms with Crippen molar-refractivity contribution < 1.29 is 25.5 Å². The maximum atomic E-state index is 15.0. The van der Waals surface area contributed by atoms with E-state index in [1.54, 1.807) is 36.4 Å². The van der Waals surface area contributed by atoms with Crippen LogP contribution in [0.25, 0.3) is 177 Å². The molecule has 0 saturated carbocycles. The Labute approximate surface area is 755 Å². The van der Waals surface area contributed by atoms with Crippen LogP contribution in [0.3, 0.4) is 0 Å². The van der Waals surface area contributed by atoms with Crippen LogP contribution in [0.5, 0.6) is 0 Å². The molecule has 0 aliphatic heterocycles. The van der Waals surface area contributed by atoms with E-state index in [9.17, 15) is 8.78 Å². The average molecular weight is 1670 g/mol. The first kappa shape index (κ1) is 67.4. The summed E-state index contributed by atoms with van der Waals surface area (Å²) in [5, 5.41) is 9.07. The van der Waals surface area contributed by atoms with Gasteiger partial charge >= 0.3 is 0 Å². The molecule has 0 bridgehead atoms. The second kappa shape index (κ2) is 32.5. The second-order valence-electron chi connectivity index (χ2n) is 31.8. The van der Waals surface area contributed by atoms with Gasteiger partial charge in [-0.15, -0.1) is 0 Å². The number of para-hydroxylation sites is 9. The Bertz CT molecular complexity index is 8450. The third kappa shape index (κ3) is 14.1. The lowest BCUT2D eigenvalue weighted by Gasteiger charge is -2.25. The molecule has 0 aliphatic carbocycles. The quantitative estimate of drug-likeness (QED) is 0.0967. The Balaban J connectivity index is 0.000000156. The number of hydrogen-bond donors (Lipinski definition) is 0. The van der Waals surface area contributed by atoms with Crippen LogP contribution in [0.1, 0.15) is 12.3 Å². The fourth-order valence-electron chi connectivity index (χ4n) is 18.4. The topological polar surface area (TPSA) is 52.0 Å². The van der Waals surface area contributed by atoms with Gasteiger partial charge in [0.25, 0.3) is 0 Å². The van der Waals surface area contributed by atoms with E-state index in [0.717, 1.165) is 172 Å². The molecule has 6 aromatic heterocycles. The van der Waals surface area contributed by atoms with E-state index in [-0.39, 0.29) is 17.3 Å². The molecule has 0 atom stereocenters. The first-order chi connectivity index (χ1) is 67.4. The van der Waals surface area contributed by atoms with Crippen molar-refractivity contribution in [1.29, 1.82) is 0 Å². The smallest absolute Gasteiger partial charge is 0.123 e. The van der Waals surface area contributed by atoms with Crippen LogP contribution in [0.2, 0.25) is 0 Å². The van der Waals surface area contributed by atoms with E-state index >= 15 is 4.39 Å². The number of halogens is 3. The minimum absolute atomic E-state index is 0.0478. The summed E-state index contributed by atoms with van der Waals surface area (Å²) in [4.78, 5) is 13.0. The molecule has 0 unspecified atom stereocenters. The molecular weight excluding hydrogens is 1590 g/mol. The third-order valence-electron chi connectivity index (χ3n) is 24.2. The molecule has 8 nitrogen and oxygen atoms in total. The fourth-order valence-corrected chi connectivity index (χ4v) is 18.4. The van der Waals surface area contributed by atoms with E-state index in [1.807, 2.05) is 83.9 Å². The first-order valence-corrected chi connectivity index (χ1v) is 42.5. The largest absolute Gasteiger partial charge is 0.309 e. The van der Waals surface area contributed by atoms with Gasteiger partial charge in [-0.05, 0) is 311 Å². The van der Waals surface area contributed by atoms with E-state index in [4.69, 9.17) is 22.3 Å². The number of benzene rings is 18. The van der Waals surface area contributed by atoms with E-state index in [1.165, 1.54) is 52.0 Å². The Morgan fingerprint density at radius 1 is 0.194 bits per heavy atom. The van der Waals surface area contributed by atoms with Crippen molar-refractivity contribution in [2.24, 2.45) is 0 Å². The van der Waals surface area contributed by atoms with Gasteiger partial charge in [0.15, 0.2) is 0 Å². The van der Waals surface area contributed by atoms with Crippen molar-refractivity contribution in [3.63, 3.8) is 0 Å². The summed E-state index contributed by atoms with van der Waals surface area (Å²) in [5.74, 6) is -2.05. The van der Waals surface area contributed by atoms with E-state index in [2.05, 4.69) is 285 Å². The SMILES string of the molecule is Fc1ccc(N(c2ccc(F)cc2)c2ccc(-c3cc(-c4ccc5c(c4)c4ccccc4n5-c4ccccc4)cc(-c4ccc5c(c4)c4ccccc4n5-c4ccccc4)c3)nc2)cc1.[2H]c1c([2H])c([2H])c(N(c2ccc(-c3cc(-c4ccc5c(c4)c4ccccc4n5-c4ccccc4)cc(-c4ccc5c(c4)c4ccccc4n5-c4ccccc4)c3)nc2)c2c([2H])c([2H])c(F)c([2H])c2[2H])c([2H])c1[2H]. The number of anilines is 6. The maximum Gasteiger partial charge on any atom is 0.123 e. The minimum atomic E-state index is -1.38. The lowest BCUT2D eigenvalue weighted by molar-refractivity contribution is 0.627. The molecule has 24 aromatic rings. The summed E-state index contributed by atoms with van der Waals surface area (Å²) in [5.41, 5.74) is 25.5. The van der Waals surface area contributed by atoms with Crippen molar-refractivity contribution in [1.82, 2.24) is 28.2 Å². The summed E-state index contributed by atoms with van der Waals surface area (Å²) in [7, 11) is 0.